The summed E-state index contributed by atoms with van der Waals surface area (Å²) in [4.78, 5) is 31.3. The Hall–Kier alpha value is -2.73. The van der Waals surface area contributed by atoms with Crippen molar-refractivity contribution < 1.29 is 14.7 Å². The zero-order valence-corrected chi connectivity index (χ0v) is 16.2. The molecule has 1 fully saturated rings. The highest BCUT2D eigenvalue weighted by Gasteiger charge is 2.38. The van der Waals surface area contributed by atoms with Crippen LogP contribution in [0, 0.1) is 13.8 Å². The Balaban J connectivity index is 1.42. The lowest BCUT2D eigenvalue weighted by Crippen LogP contribution is -2.46. The third kappa shape index (κ3) is 3.40. The van der Waals surface area contributed by atoms with Gasteiger partial charge in [0.25, 0.3) is 0 Å². The summed E-state index contributed by atoms with van der Waals surface area (Å²) in [6.07, 6.45) is 2.80. The number of aromatic nitrogens is 1. The van der Waals surface area contributed by atoms with Crippen molar-refractivity contribution in [3.8, 4) is 0 Å². The standard InChI is InChI=1S/C22H25N3O3/c1-14-3-5-18-16(11-14)17(21(27)24-18)12-20(26)25-9-7-22(28,8-10-25)19-6-4-15(2)13-23-19/h3-6,11,13,17,28H,7-10,12H2,1-2H3,(H,24,27). The number of pyridine rings is 1. The third-order valence-corrected chi connectivity index (χ3v) is 5.87. The fraction of sp³-hybridized carbons (Fsp3) is 0.409. The van der Waals surface area contributed by atoms with Crippen molar-refractivity contribution in [2.75, 3.05) is 18.4 Å². The van der Waals surface area contributed by atoms with Gasteiger partial charge in [-0.15, -0.1) is 0 Å². The van der Waals surface area contributed by atoms with E-state index in [-0.39, 0.29) is 18.2 Å². The van der Waals surface area contributed by atoms with Gasteiger partial charge < -0.3 is 15.3 Å². The summed E-state index contributed by atoms with van der Waals surface area (Å²) in [5, 5.41) is 13.8. The van der Waals surface area contributed by atoms with Crippen molar-refractivity contribution in [2.45, 2.75) is 44.6 Å². The van der Waals surface area contributed by atoms with Crippen LogP contribution >= 0.6 is 0 Å². The summed E-state index contributed by atoms with van der Waals surface area (Å²) in [5.74, 6) is -0.610. The van der Waals surface area contributed by atoms with E-state index in [0.29, 0.717) is 31.6 Å². The van der Waals surface area contributed by atoms with Crippen molar-refractivity contribution in [2.24, 2.45) is 0 Å². The lowest BCUT2D eigenvalue weighted by Gasteiger charge is -2.38. The van der Waals surface area contributed by atoms with Gasteiger partial charge in [0.15, 0.2) is 0 Å². The monoisotopic (exact) mass is 379 g/mol. The van der Waals surface area contributed by atoms with Gasteiger partial charge >= 0.3 is 0 Å². The second kappa shape index (κ2) is 7.02. The molecule has 2 N–H and O–H groups in total. The van der Waals surface area contributed by atoms with Gasteiger partial charge in [0, 0.05) is 31.4 Å². The number of nitrogens with one attached hydrogen (secondary N) is 1. The normalized spacial score (nSPS) is 20.6. The first-order valence-electron chi connectivity index (χ1n) is 9.70. The number of amides is 2. The predicted molar refractivity (Wildman–Crippen MR) is 106 cm³/mol. The number of aliphatic hydroxyl groups is 1. The number of anilines is 1. The van der Waals surface area contributed by atoms with Gasteiger partial charge in [-0.3, -0.25) is 14.6 Å². The molecule has 0 spiro atoms. The van der Waals surface area contributed by atoms with E-state index >= 15 is 0 Å². The molecule has 0 aliphatic carbocycles. The molecule has 4 rings (SSSR count). The van der Waals surface area contributed by atoms with Crippen molar-refractivity contribution >= 4 is 17.5 Å². The minimum Gasteiger partial charge on any atom is -0.383 e. The van der Waals surface area contributed by atoms with Crippen LogP contribution < -0.4 is 5.32 Å². The number of likely N-dealkylation sites (tertiary alicyclic amines) is 1. The lowest BCUT2D eigenvalue weighted by atomic mass is 9.87. The maximum Gasteiger partial charge on any atom is 0.232 e. The average molecular weight is 379 g/mol. The highest BCUT2D eigenvalue weighted by molar-refractivity contribution is 6.05. The molecule has 3 heterocycles. The number of hydrogen-bond acceptors (Lipinski definition) is 4. The van der Waals surface area contributed by atoms with Crippen LogP contribution in [-0.2, 0) is 15.2 Å². The van der Waals surface area contributed by atoms with Gasteiger partial charge in [0.2, 0.25) is 11.8 Å². The number of benzene rings is 1. The first-order chi connectivity index (χ1) is 13.4. The van der Waals surface area contributed by atoms with Crippen LogP contribution in [0.2, 0.25) is 0 Å². The summed E-state index contributed by atoms with van der Waals surface area (Å²) in [7, 11) is 0. The lowest BCUT2D eigenvalue weighted by molar-refractivity contribution is -0.137. The van der Waals surface area contributed by atoms with Crippen LogP contribution in [0.15, 0.2) is 36.5 Å². The maximum absolute atomic E-state index is 12.8. The number of rotatable bonds is 3. The molecule has 1 saturated heterocycles. The molecule has 0 bridgehead atoms. The Morgan fingerprint density at radius 1 is 1.21 bits per heavy atom. The van der Waals surface area contributed by atoms with Crippen molar-refractivity contribution in [1.29, 1.82) is 0 Å². The Morgan fingerprint density at radius 3 is 2.61 bits per heavy atom. The summed E-state index contributed by atoms with van der Waals surface area (Å²) in [6.45, 7) is 4.85. The molecule has 1 aromatic heterocycles. The minimum atomic E-state index is -1.00. The topological polar surface area (TPSA) is 82.5 Å². The number of piperidine rings is 1. The van der Waals surface area contributed by atoms with Crippen LogP contribution in [-0.4, -0.2) is 39.9 Å². The molecule has 146 valence electrons. The predicted octanol–water partition coefficient (Wildman–Crippen LogP) is 2.63. The van der Waals surface area contributed by atoms with Gasteiger partial charge in [-0.2, -0.15) is 0 Å². The fourth-order valence-corrected chi connectivity index (χ4v) is 4.08. The Labute approximate surface area is 164 Å². The zero-order chi connectivity index (χ0) is 19.9. The van der Waals surface area contributed by atoms with Crippen LogP contribution in [0.1, 0.15) is 47.6 Å². The van der Waals surface area contributed by atoms with Crippen LogP contribution in [0.25, 0.3) is 0 Å². The summed E-state index contributed by atoms with van der Waals surface area (Å²) < 4.78 is 0. The largest absolute Gasteiger partial charge is 0.383 e. The van der Waals surface area contributed by atoms with E-state index in [1.165, 1.54) is 0 Å². The summed E-state index contributed by atoms with van der Waals surface area (Å²) >= 11 is 0. The number of nitrogens with zero attached hydrogens (tertiary/aromatic N) is 2. The second-order valence-electron chi connectivity index (χ2n) is 7.97. The SMILES string of the molecule is Cc1ccc(C2(O)CCN(C(=O)CC3C(=O)Nc4ccc(C)cc43)CC2)nc1. The van der Waals surface area contributed by atoms with E-state index < -0.39 is 11.5 Å². The Morgan fingerprint density at radius 2 is 1.93 bits per heavy atom. The Bertz CT molecular complexity index is 915. The first kappa shape index (κ1) is 18.6. The number of carbonyl (C=O) groups is 2. The fourth-order valence-electron chi connectivity index (χ4n) is 4.08. The molecule has 1 atom stereocenters. The van der Waals surface area contributed by atoms with Crippen molar-refractivity contribution in [1.82, 2.24) is 9.88 Å². The molecule has 2 aliphatic rings. The second-order valence-corrected chi connectivity index (χ2v) is 7.97. The molecule has 6 heteroatoms. The molecular formula is C22H25N3O3. The molecule has 6 nitrogen and oxygen atoms in total. The van der Waals surface area contributed by atoms with Crippen LogP contribution in [0.5, 0.6) is 0 Å². The van der Waals surface area contributed by atoms with E-state index in [1.807, 2.05) is 44.2 Å². The highest BCUT2D eigenvalue weighted by Crippen LogP contribution is 2.37. The molecule has 0 radical (unpaired) electrons. The molecule has 28 heavy (non-hydrogen) atoms. The van der Waals surface area contributed by atoms with E-state index in [4.69, 9.17) is 0 Å². The number of aryl methyl sites for hydroxylation is 2. The molecule has 1 unspecified atom stereocenters. The quantitative estimate of drug-likeness (QED) is 0.859. The van der Waals surface area contributed by atoms with Gasteiger partial charge in [-0.1, -0.05) is 23.8 Å². The van der Waals surface area contributed by atoms with Crippen LogP contribution in [0.3, 0.4) is 0 Å². The number of fused-ring (bicyclic) bond motifs is 1. The number of hydrogen-bond donors (Lipinski definition) is 2. The number of carbonyl (C=O) groups excluding carboxylic acids is 2. The average Bonchev–Trinajstić information content (AvgIpc) is 2.97. The van der Waals surface area contributed by atoms with E-state index in [0.717, 1.165) is 22.4 Å². The molecular weight excluding hydrogens is 354 g/mol. The highest BCUT2D eigenvalue weighted by atomic mass is 16.3. The van der Waals surface area contributed by atoms with Crippen molar-refractivity contribution in [3.05, 3.63) is 58.9 Å². The Kier molecular flexibility index (Phi) is 4.67. The van der Waals surface area contributed by atoms with Gasteiger partial charge in [-0.05, 0) is 49.9 Å². The summed E-state index contributed by atoms with van der Waals surface area (Å²) in [6, 6.07) is 9.62. The van der Waals surface area contributed by atoms with Gasteiger partial charge in [-0.25, -0.2) is 0 Å². The molecule has 1 aromatic carbocycles. The molecule has 2 amide bonds. The van der Waals surface area contributed by atoms with E-state index in [1.54, 1.807) is 11.1 Å². The van der Waals surface area contributed by atoms with E-state index in [9.17, 15) is 14.7 Å². The summed E-state index contributed by atoms with van der Waals surface area (Å²) in [5.41, 5.74) is 3.47. The van der Waals surface area contributed by atoms with Gasteiger partial charge in [0.05, 0.1) is 11.6 Å². The van der Waals surface area contributed by atoms with E-state index in [2.05, 4.69) is 10.3 Å². The third-order valence-electron chi connectivity index (χ3n) is 5.87. The molecule has 0 saturated carbocycles. The maximum atomic E-state index is 12.8. The molecule has 2 aromatic rings. The van der Waals surface area contributed by atoms with Crippen molar-refractivity contribution in [3.63, 3.8) is 0 Å². The first-order valence-corrected chi connectivity index (χ1v) is 9.70. The van der Waals surface area contributed by atoms with Crippen LogP contribution in [0.4, 0.5) is 5.69 Å². The molecule has 2 aliphatic heterocycles. The minimum absolute atomic E-state index is 0.0478. The zero-order valence-electron chi connectivity index (χ0n) is 16.2. The smallest absolute Gasteiger partial charge is 0.232 e. The van der Waals surface area contributed by atoms with Gasteiger partial charge in [0.1, 0.15) is 5.60 Å².